The lowest BCUT2D eigenvalue weighted by molar-refractivity contribution is 0.231. The summed E-state index contributed by atoms with van der Waals surface area (Å²) < 4.78 is 0. The van der Waals surface area contributed by atoms with Gasteiger partial charge in [0, 0.05) is 6.20 Å². The number of aliphatic hydroxyl groups is 1. The van der Waals surface area contributed by atoms with Crippen molar-refractivity contribution in [3.63, 3.8) is 0 Å². The van der Waals surface area contributed by atoms with Gasteiger partial charge in [-0.1, -0.05) is 0 Å². The lowest BCUT2D eigenvalue weighted by Gasteiger charge is -2.10. The molecule has 8 heavy (non-hydrogen) atoms. The van der Waals surface area contributed by atoms with E-state index in [1.54, 1.807) is 6.08 Å². The van der Waals surface area contributed by atoms with Gasteiger partial charge in [-0.2, -0.15) is 10.2 Å². The Balaban J connectivity index is 2.69. The third-order valence-corrected chi connectivity index (χ3v) is 0.927. The van der Waals surface area contributed by atoms with Crippen molar-refractivity contribution in [3.8, 4) is 0 Å². The molecule has 1 aliphatic heterocycles. The molecule has 1 atom stereocenters. The minimum Gasteiger partial charge on any atom is -0.392 e. The average Bonchev–Trinajstić information content (AvgIpc) is 2.17. The Bertz CT molecular complexity index is 128. The number of hydrogen-bond donors (Lipinski definition) is 2. The SMILES string of the molecule is NC1(CO)C=CN=N1. The smallest absolute Gasteiger partial charge is 0.173 e. The van der Waals surface area contributed by atoms with E-state index < -0.39 is 5.66 Å². The Morgan fingerprint density at radius 3 is 2.75 bits per heavy atom. The second kappa shape index (κ2) is 1.65. The Hall–Kier alpha value is -0.740. The molecule has 4 nitrogen and oxygen atoms in total. The molecule has 1 unspecified atom stereocenters. The van der Waals surface area contributed by atoms with Crippen LogP contribution in [0.2, 0.25) is 0 Å². The van der Waals surface area contributed by atoms with E-state index in [-0.39, 0.29) is 6.61 Å². The molecule has 0 fully saturated rings. The van der Waals surface area contributed by atoms with Crippen LogP contribution in [0.3, 0.4) is 0 Å². The van der Waals surface area contributed by atoms with Crippen LogP contribution >= 0.6 is 0 Å². The van der Waals surface area contributed by atoms with Crippen LogP contribution < -0.4 is 5.73 Å². The fourth-order valence-electron chi connectivity index (χ4n) is 0.421. The first-order valence-corrected chi connectivity index (χ1v) is 2.26. The molecule has 0 radical (unpaired) electrons. The maximum atomic E-state index is 8.50. The molecule has 0 aromatic carbocycles. The molecule has 0 aromatic heterocycles. The van der Waals surface area contributed by atoms with E-state index in [4.69, 9.17) is 10.8 Å². The zero-order valence-electron chi connectivity index (χ0n) is 4.28. The highest BCUT2D eigenvalue weighted by molar-refractivity contribution is 5.05. The highest BCUT2D eigenvalue weighted by atomic mass is 16.3. The Labute approximate surface area is 46.7 Å². The second-order valence-corrected chi connectivity index (χ2v) is 1.68. The lowest BCUT2D eigenvalue weighted by Crippen LogP contribution is -2.37. The van der Waals surface area contributed by atoms with Gasteiger partial charge in [-0.15, -0.1) is 0 Å². The summed E-state index contributed by atoms with van der Waals surface area (Å²) >= 11 is 0. The summed E-state index contributed by atoms with van der Waals surface area (Å²) in [5.74, 6) is 0. The van der Waals surface area contributed by atoms with Crippen LogP contribution in [0.25, 0.3) is 0 Å². The van der Waals surface area contributed by atoms with Gasteiger partial charge < -0.3 is 10.8 Å². The van der Waals surface area contributed by atoms with E-state index in [1.807, 2.05) is 0 Å². The van der Waals surface area contributed by atoms with E-state index in [0.717, 1.165) is 0 Å². The fraction of sp³-hybridized carbons (Fsp3) is 0.500. The molecular formula is C4H7N3O. The van der Waals surface area contributed by atoms with Gasteiger partial charge in [0.05, 0.1) is 6.61 Å². The van der Waals surface area contributed by atoms with Crippen molar-refractivity contribution >= 4 is 0 Å². The van der Waals surface area contributed by atoms with Crippen molar-refractivity contribution in [3.05, 3.63) is 12.3 Å². The number of nitrogens with zero attached hydrogens (tertiary/aromatic N) is 2. The van der Waals surface area contributed by atoms with E-state index in [1.165, 1.54) is 6.20 Å². The second-order valence-electron chi connectivity index (χ2n) is 1.68. The zero-order valence-corrected chi connectivity index (χ0v) is 4.28. The van der Waals surface area contributed by atoms with Crippen LogP contribution in [-0.2, 0) is 0 Å². The molecule has 0 saturated carbocycles. The van der Waals surface area contributed by atoms with Crippen LogP contribution in [0, 0.1) is 0 Å². The van der Waals surface area contributed by atoms with Gasteiger partial charge in [0.15, 0.2) is 5.66 Å². The summed E-state index contributed by atoms with van der Waals surface area (Å²) in [6.45, 7) is -0.188. The highest BCUT2D eigenvalue weighted by Gasteiger charge is 2.21. The van der Waals surface area contributed by atoms with Gasteiger partial charge in [-0.3, -0.25) is 0 Å². The summed E-state index contributed by atoms with van der Waals surface area (Å²) in [5, 5.41) is 15.5. The Morgan fingerprint density at radius 2 is 2.50 bits per heavy atom. The molecule has 1 rings (SSSR count). The van der Waals surface area contributed by atoms with E-state index in [0.29, 0.717) is 0 Å². The van der Waals surface area contributed by atoms with E-state index in [2.05, 4.69) is 10.2 Å². The molecule has 44 valence electrons. The molecular weight excluding hydrogens is 106 g/mol. The molecule has 0 saturated heterocycles. The van der Waals surface area contributed by atoms with Gasteiger partial charge in [0.2, 0.25) is 0 Å². The molecule has 0 spiro atoms. The van der Waals surface area contributed by atoms with Crippen molar-refractivity contribution in [2.24, 2.45) is 16.0 Å². The fourth-order valence-corrected chi connectivity index (χ4v) is 0.421. The summed E-state index contributed by atoms with van der Waals surface area (Å²) in [6, 6.07) is 0. The van der Waals surface area contributed by atoms with Gasteiger partial charge in [-0.05, 0) is 6.08 Å². The van der Waals surface area contributed by atoms with Crippen LogP contribution in [-0.4, -0.2) is 17.4 Å². The molecule has 1 heterocycles. The first-order chi connectivity index (χ1) is 3.77. The Kier molecular flexibility index (Phi) is 1.11. The van der Waals surface area contributed by atoms with Gasteiger partial charge in [-0.25, -0.2) is 0 Å². The third-order valence-electron chi connectivity index (χ3n) is 0.927. The van der Waals surface area contributed by atoms with Crippen molar-refractivity contribution in [1.82, 2.24) is 0 Å². The van der Waals surface area contributed by atoms with Crippen LogP contribution in [0.5, 0.6) is 0 Å². The van der Waals surface area contributed by atoms with Gasteiger partial charge in [0.1, 0.15) is 0 Å². The summed E-state index contributed by atoms with van der Waals surface area (Å²) in [4.78, 5) is 0. The predicted octanol–water partition coefficient (Wildman–Crippen LogP) is -0.387. The number of aliphatic hydroxyl groups excluding tert-OH is 1. The highest BCUT2D eigenvalue weighted by Crippen LogP contribution is 2.10. The quantitative estimate of drug-likeness (QED) is 0.486. The van der Waals surface area contributed by atoms with E-state index in [9.17, 15) is 0 Å². The minimum absolute atomic E-state index is 0.188. The standard InChI is InChI=1S/C4H7N3O/c5-4(3-8)1-2-6-7-4/h1-2,8H,3,5H2. The van der Waals surface area contributed by atoms with Crippen LogP contribution in [0.15, 0.2) is 22.5 Å². The molecule has 0 amide bonds. The monoisotopic (exact) mass is 113 g/mol. The third kappa shape index (κ3) is 0.753. The largest absolute Gasteiger partial charge is 0.392 e. The maximum Gasteiger partial charge on any atom is 0.173 e. The van der Waals surface area contributed by atoms with Crippen LogP contribution in [0.1, 0.15) is 0 Å². The molecule has 4 heteroatoms. The van der Waals surface area contributed by atoms with Crippen molar-refractivity contribution in [1.29, 1.82) is 0 Å². The zero-order chi connectivity index (χ0) is 6.04. The molecule has 1 aliphatic rings. The molecule has 3 N–H and O–H groups in total. The topological polar surface area (TPSA) is 71.0 Å². The number of nitrogens with two attached hydrogens (primary N) is 1. The van der Waals surface area contributed by atoms with Gasteiger partial charge in [0.25, 0.3) is 0 Å². The molecule has 0 aromatic rings. The maximum absolute atomic E-state index is 8.50. The van der Waals surface area contributed by atoms with Gasteiger partial charge >= 0.3 is 0 Å². The number of hydrogen-bond acceptors (Lipinski definition) is 4. The molecule has 0 bridgehead atoms. The summed E-state index contributed by atoms with van der Waals surface area (Å²) in [5.41, 5.74) is 4.43. The minimum atomic E-state index is -0.931. The van der Waals surface area contributed by atoms with Crippen molar-refractivity contribution in [2.45, 2.75) is 5.66 Å². The van der Waals surface area contributed by atoms with Crippen LogP contribution in [0.4, 0.5) is 0 Å². The molecule has 0 aliphatic carbocycles. The Morgan fingerprint density at radius 1 is 1.75 bits per heavy atom. The number of rotatable bonds is 1. The number of azo groups is 1. The van der Waals surface area contributed by atoms with E-state index >= 15 is 0 Å². The average molecular weight is 113 g/mol. The normalized spacial score (nSPS) is 34.2. The lowest BCUT2D eigenvalue weighted by atomic mass is 10.2. The first kappa shape index (κ1) is 5.40. The summed E-state index contributed by atoms with van der Waals surface area (Å²) in [6.07, 6.45) is 3.02. The summed E-state index contributed by atoms with van der Waals surface area (Å²) in [7, 11) is 0. The van der Waals surface area contributed by atoms with Crippen molar-refractivity contribution in [2.75, 3.05) is 6.61 Å². The van der Waals surface area contributed by atoms with Crippen molar-refractivity contribution < 1.29 is 5.11 Å². The first-order valence-electron chi connectivity index (χ1n) is 2.26. The predicted molar refractivity (Wildman–Crippen MR) is 28.0 cm³/mol.